The predicted molar refractivity (Wildman–Crippen MR) is 113 cm³/mol. The Hall–Kier alpha value is -4.45. The Morgan fingerprint density at radius 1 is 1.28 bits per heavy atom. The molecule has 1 aromatic carbocycles. The minimum absolute atomic E-state index is 0.0175. The largest absolute Gasteiger partial charge is 0.487 e. The third-order valence-corrected chi connectivity index (χ3v) is 4.64. The van der Waals surface area contributed by atoms with Gasteiger partial charge in [0.05, 0.1) is 0 Å². The molecule has 1 unspecified atom stereocenters. The number of likely N-dealkylation sites (N-methyl/N-ethyl adjacent to an activating group) is 1. The Morgan fingerprint density at radius 2 is 2.09 bits per heavy atom. The van der Waals surface area contributed by atoms with Crippen LogP contribution in [0, 0.1) is 18.2 Å². The molecule has 160 valence electrons. The van der Waals surface area contributed by atoms with E-state index in [1.54, 1.807) is 18.2 Å². The van der Waals surface area contributed by atoms with Crippen molar-refractivity contribution in [2.75, 3.05) is 18.6 Å². The van der Waals surface area contributed by atoms with Crippen LogP contribution in [0.3, 0.4) is 0 Å². The Labute approximate surface area is 183 Å². The van der Waals surface area contributed by atoms with Gasteiger partial charge >= 0.3 is 0 Å². The van der Waals surface area contributed by atoms with Crippen LogP contribution in [0.4, 0.5) is 10.2 Å². The van der Waals surface area contributed by atoms with E-state index in [0.29, 0.717) is 11.4 Å². The highest BCUT2D eigenvalue weighted by molar-refractivity contribution is 6.02. The number of fused-ring (bicyclic) bond motifs is 1. The number of nitrogens with one attached hydrogen (secondary N) is 1. The van der Waals surface area contributed by atoms with Gasteiger partial charge in [0.15, 0.2) is 11.6 Å². The number of aromatic nitrogens is 2. The Bertz CT molecular complexity index is 1240. The zero-order chi connectivity index (χ0) is 22.7. The molecule has 0 radical (unpaired) electrons. The third-order valence-electron chi connectivity index (χ3n) is 4.64. The molecule has 0 saturated heterocycles. The first-order valence-corrected chi connectivity index (χ1v) is 9.53. The van der Waals surface area contributed by atoms with Crippen LogP contribution in [-0.2, 0) is 4.79 Å². The minimum atomic E-state index is -0.981. The summed E-state index contributed by atoms with van der Waals surface area (Å²) in [6.45, 7) is -0.0987. The lowest BCUT2D eigenvalue weighted by atomic mass is 10.2. The van der Waals surface area contributed by atoms with Gasteiger partial charge in [-0.15, -0.1) is 6.42 Å². The average Bonchev–Trinajstić information content (AvgIpc) is 2.91. The van der Waals surface area contributed by atoms with Crippen molar-refractivity contribution in [3.63, 3.8) is 0 Å². The van der Waals surface area contributed by atoms with Gasteiger partial charge in [0.25, 0.3) is 11.8 Å². The summed E-state index contributed by atoms with van der Waals surface area (Å²) in [5.74, 6) is 2.13. The smallest absolute Gasteiger partial charge is 0.270 e. The Kier molecular flexibility index (Phi) is 5.68. The van der Waals surface area contributed by atoms with Crippen molar-refractivity contribution >= 4 is 17.6 Å². The minimum Gasteiger partial charge on any atom is -0.487 e. The maximum Gasteiger partial charge on any atom is 0.270 e. The second-order valence-electron chi connectivity index (χ2n) is 6.83. The van der Waals surface area contributed by atoms with Gasteiger partial charge in [0.1, 0.15) is 41.4 Å². The number of ether oxygens (including phenoxy) is 2. The van der Waals surface area contributed by atoms with Gasteiger partial charge in [-0.1, -0.05) is 12.0 Å². The standard InChI is InChI=1S/C23H17FN4O4/c1-3-15-7-8-20-21(26-15)28(2)23(30)19(13-31-20)27-22(29)18-12-17(9-10-25-18)32-16-6-4-5-14(24)11-16/h1,4-12,19H,13H2,2H3,(H,27,29). The van der Waals surface area contributed by atoms with Crippen molar-refractivity contribution in [1.82, 2.24) is 15.3 Å². The monoisotopic (exact) mass is 432 g/mol. The van der Waals surface area contributed by atoms with E-state index in [1.807, 2.05) is 0 Å². The van der Waals surface area contributed by atoms with Crippen molar-refractivity contribution in [3.05, 3.63) is 71.9 Å². The van der Waals surface area contributed by atoms with Crippen LogP contribution in [0.25, 0.3) is 0 Å². The SMILES string of the molecule is C#Cc1ccc2c(n1)N(C)C(=O)C(NC(=O)c1cc(Oc3cccc(F)c3)ccn1)CO2. The fourth-order valence-electron chi connectivity index (χ4n) is 3.05. The molecule has 0 aliphatic carbocycles. The number of anilines is 1. The summed E-state index contributed by atoms with van der Waals surface area (Å²) in [5, 5.41) is 2.62. The molecule has 0 bridgehead atoms. The Balaban J connectivity index is 1.49. The van der Waals surface area contributed by atoms with E-state index in [0.717, 1.165) is 0 Å². The van der Waals surface area contributed by atoms with Gasteiger partial charge in [-0.25, -0.2) is 9.37 Å². The number of nitrogens with zero attached hydrogens (tertiary/aromatic N) is 3. The second-order valence-corrected chi connectivity index (χ2v) is 6.83. The van der Waals surface area contributed by atoms with Gasteiger partial charge in [-0.2, -0.15) is 0 Å². The topological polar surface area (TPSA) is 93.7 Å². The molecule has 1 atom stereocenters. The lowest BCUT2D eigenvalue weighted by Crippen LogP contribution is -2.49. The van der Waals surface area contributed by atoms with Crippen molar-refractivity contribution in [1.29, 1.82) is 0 Å². The number of amides is 2. The van der Waals surface area contributed by atoms with Crippen LogP contribution < -0.4 is 19.7 Å². The van der Waals surface area contributed by atoms with Crippen LogP contribution in [0.1, 0.15) is 16.2 Å². The second kappa shape index (κ2) is 8.73. The number of hydrogen-bond donors (Lipinski definition) is 1. The molecule has 3 heterocycles. The van der Waals surface area contributed by atoms with E-state index in [1.165, 1.54) is 48.5 Å². The Morgan fingerprint density at radius 3 is 2.88 bits per heavy atom. The van der Waals surface area contributed by atoms with Gasteiger partial charge in [0.2, 0.25) is 0 Å². The van der Waals surface area contributed by atoms with Gasteiger partial charge in [-0.05, 0) is 30.3 Å². The molecule has 32 heavy (non-hydrogen) atoms. The fourth-order valence-corrected chi connectivity index (χ4v) is 3.05. The molecule has 0 spiro atoms. The molecule has 8 nitrogen and oxygen atoms in total. The van der Waals surface area contributed by atoms with Crippen LogP contribution in [0.2, 0.25) is 0 Å². The number of benzene rings is 1. The molecule has 1 aliphatic heterocycles. The molecule has 4 rings (SSSR count). The first-order valence-electron chi connectivity index (χ1n) is 9.53. The predicted octanol–water partition coefficient (Wildman–Crippen LogP) is 2.54. The summed E-state index contributed by atoms with van der Waals surface area (Å²) in [7, 11) is 1.52. The zero-order valence-corrected chi connectivity index (χ0v) is 16.9. The van der Waals surface area contributed by atoms with Gasteiger partial charge in [0, 0.05) is 25.4 Å². The molecule has 2 aromatic heterocycles. The number of carbonyl (C=O) groups is 2. The lowest BCUT2D eigenvalue weighted by Gasteiger charge is -2.19. The number of carbonyl (C=O) groups excluding carboxylic acids is 2. The van der Waals surface area contributed by atoms with Gasteiger partial charge in [-0.3, -0.25) is 19.5 Å². The highest BCUT2D eigenvalue weighted by Crippen LogP contribution is 2.28. The van der Waals surface area contributed by atoms with Crippen LogP contribution in [0.15, 0.2) is 54.7 Å². The number of pyridine rings is 2. The summed E-state index contributed by atoms with van der Waals surface area (Å²) in [6.07, 6.45) is 6.76. The third kappa shape index (κ3) is 4.34. The van der Waals surface area contributed by atoms with E-state index in [9.17, 15) is 14.0 Å². The van der Waals surface area contributed by atoms with E-state index in [2.05, 4.69) is 21.2 Å². The number of rotatable bonds is 4. The molecule has 2 amide bonds. The highest BCUT2D eigenvalue weighted by Gasteiger charge is 2.32. The maximum absolute atomic E-state index is 13.4. The summed E-state index contributed by atoms with van der Waals surface area (Å²) >= 11 is 0. The quantitative estimate of drug-likeness (QED) is 0.637. The van der Waals surface area contributed by atoms with Crippen LogP contribution in [-0.4, -0.2) is 41.5 Å². The molecule has 0 saturated carbocycles. The van der Waals surface area contributed by atoms with E-state index >= 15 is 0 Å². The van der Waals surface area contributed by atoms with Gasteiger partial charge < -0.3 is 14.8 Å². The average molecular weight is 432 g/mol. The van der Waals surface area contributed by atoms with E-state index in [-0.39, 0.29) is 29.6 Å². The molecule has 3 aromatic rings. The molecular formula is C23H17FN4O4. The molecule has 9 heteroatoms. The summed E-state index contributed by atoms with van der Waals surface area (Å²) < 4.78 is 24.6. The van der Waals surface area contributed by atoms with E-state index < -0.39 is 23.7 Å². The van der Waals surface area contributed by atoms with Crippen LogP contribution >= 0.6 is 0 Å². The highest BCUT2D eigenvalue weighted by atomic mass is 19.1. The summed E-state index contributed by atoms with van der Waals surface area (Å²) in [6, 6.07) is 10.8. The van der Waals surface area contributed by atoms with Crippen molar-refractivity contribution in [2.45, 2.75) is 6.04 Å². The number of hydrogen-bond acceptors (Lipinski definition) is 6. The maximum atomic E-state index is 13.4. The van der Waals surface area contributed by atoms with Crippen molar-refractivity contribution in [3.8, 4) is 29.6 Å². The molecule has 0 fully saturated rings. The molecule has 1 aliphatic rings. The van der Waals surface area contributed by atoms with E-state index in [4.69, 9.17) is 15.9 Å². The number of terminal acetylenes is 1. The van der Waals surface area contributed by atoms with Crippen molar-refractivity contribution < 1.29 is 23.5 Å². The van der Waals surface area contributed by atoms with Crippen LogP contribution in [0.5, 0.6) is 17.2 Å². The molecular weight excluding hydrogens is 415 g/mol. The lowest BCUT2D eigenvalue weighted by molar-refractivity contribution is -0.120. The van der Waals surface area contributed by atoms with Crippen molar-refractivity contribution in [2.24, 2.45) is 0 Å². The summed E-state index contributed by atoms with van der Waals surface area (Å²) in [4.78, 5) is 35.2. The first kappa shape index (κ1) is 20.8. The fraction of sp³-hybridized carbons (Fsp3) is 0.130. The number of halogens is 1. The summed E-state index contributed by atoms with van der Waals surface area (Å²) in [5.41, 5.74) is 0.373. The zero-order valence-electron chi connectivity index (χ0n) is 16.9. The molecule has 1 N–H and O–H groups in total. The normalized spacial score (nSPS) is 15.1. The first-order chi connectivity index (χ1) is 15.4.